The molecule has 0 spiro atoms. The van der Waals surface area contributed by atoms with Gasteiger partial charge in [-0.05, 0) is 43.5 Å². The maximum absolute atomic E-state index is 6.21. The summed E-state index contributed by atoms with van der Waals surface area (Å²) >= 11 is 0. The summed E-state index contributed by atoms with van der Waals surface area (Å²) in [5.41, 5.74) is 7.67. The van der Waals surface area contributed by atoms with E-state index in [1.807, 2.05) is 30.3 Å². The molecule has 5 nitrogen and oxygen atoms in total. The molecule has 5 heteroatoms. The zero-order chi connectivity index (χ0) is 13.6. The van der Waals surface area contributed by atoms with Crippen molar-refractivity contribution in [2.24, 2.45) is 5.73 Å². The molecule has 0 aliphatic heterocycles. The second-order valence-corrected chi connectivity index (χ2v) is 5.34. The first-order valence-electron chi connectivity index (χ1n) is 6.73. The van der Waals surface area contributed by atoms with Crippen molar-refractivity contribution in [2.75, 3.05) is 0 Å². The number of hydrogen-bond donors (Lipinski definition) is 1. The molecular formula is C15H14N4O. The van der Waals surface area contributed by atoms with E-state index in [4.69, 9.17) is 10.3 Å². The minimum atomic E-state index is -0.389. The van der Waals surface area contributed by atoms with Crippen molar-refractivity contribution in [2.45, 2.75) is 24.8 Å². The quantitative estimate of drug-likeness (QED) is 0.771. The van der Waals surface area contributed by atoms with E-state index in [1.165, 1.54) is 0 Å². The molecule has 0 saturated heterocycles. The number of benzene rings is 1. The van der Waals surface area contributed by atoms with Gasteiger partial charge in [0.1, 0.15) is 0 Å². The summed E-state index contributed by atoms with van der Waals surface area (Å²) in [4.78, 5) is 8.75. The van der Waals surface area contributed by atoms with Gasteiger partial charge in [-0.15, -0.1) is 0 Å². The van der Waals surface area contributed by atoms with Crippen molar-refractivity contribution in [1.29, 1.82) is 0 Å². The fraction of sp³-hybridized carbons (Fsp3) is 0.267. The smallest absolute Gasteiger partial charge is 0.258 e. The fourth-order valence-corrected chi connectivity index (χ4v) is 2.53. The Hall–Kier alpha value is -2.27. The molecule has 1 aliphatic rings. The molecule has 2 aromatic heterocycles. The summed E-state index contributed by atoms with van der Waals surface area (Å²) in [7, 11) is 0. The van der Waals surface area contributed by atoms with E-state index < -0.39 is 0 Å². The van der Waals surface area contributed by atoms with Crippen molar-refractivity contribution in [3.05, 3.63) is 42.4 Å². The Morgan fingerprint density at radius 3 is 2.90 bits per heavy atom. The Labute approximate surface area is 115 Å². The van der Waals surface area contributed by atoms with Crippen LogP contribution in [0.15, 0.2) is 41.1 Å². The third-order valence-electron chi connectivity index (χ3n) is 3.97. The van der Waals surface area contributed by atoms with Crippen LogP contribution in [0.25, 0.3) is 22.4 Å². The van der Waals surface area contributed by atoms with Crippen molar-refractivity contribution < 1.29 is 4.52 Å². The highest BCUT2D eigenvalue weighted by molar-refractivity contribution is 5.82. The van der Waals surface area contributed by atoms with E-state index in [2.05, 4.69) is 15.1 Å². The molecule has 100 valence electrons. The molecule has 2 heterocycles. The minimum absolute atomic E-state index is 0.389. The summed E-state index contributed by atoms with van der Waals surface area (Å²) in [6, 6.07) is 9.82. The second kappa shape index (κ2) is 4.11. The van der Waals surface area contributed by atoms with Crippen LogP contribution in [0.1, 0.15) is 25.1 Å². The van der Waals surface area contributed by atoms with E-state index in [1.54, 1.807) is 6.20 Å². The van der Waals surface area contributed by atoms with Crippen LogP contribution in [0.2, 0.25) is 0 Å². The summed E-state index contributed by atoms with van der Waals surface area (Å²) in [6.07, 6.45) is 4.75. The molecule has 4 rings (SSSR count). The van der Waals surface area contributed by atoms with Gasteiger partial charge in [-0.3, -0.25) is 4.98 Å². The Morgan fingerprint density at radius 2 is 2.10 bits per heavy atom. The highest BCUT2D eigenvalue weighted by Crippen LogP contribution is 2.37. The molecule has 2 N–H and O–H groups in total. The standard InChI is InChI=1S/C15H14N4O/c16-15(6-2-7-15)14-18-13(20-19-14)11-4-5-12-10(9-11)3-1-8-17-12/h1,3-5,8-9H,2,6-7,16H2. The van der Waals surface area contributed by atoms with Crippen LogP contribution in [-0.2, 0) is 5.54 Å². The zero-order valence-corrected chi connectivity index (χ0v) is 10.9. The Kier molecular flexibility index (Phi) is 2.37. The van der Waals surface area contributed by atoms with Gasteiger partial charge >= 0.3 is 0 Å². The largest absolute Gasteiger partial charge is 0.334 e. The molecule has 1 aliphatic carbocycles. The first kappa shape index (κ1) is 11.5. The molecule has 3 aromatic rings. The van der Waals surface area contributed by atoms with Gasteiger partial charge in [0.25, 0.3) is 5.89 Å². The van der Waals surface area contributed by atoms with E-state index in [-0.39, 0.29) is 5.54 Å². The number of nitrogens with zero attached hydrogens (tertiary/aromatic N) is 3. The second-order valence-electron chi connectivity index (χ2n) is 5.34. The number of pyridine rings is 1. The van der Waals surface area contributed by atoms with E-state index in [0.717, 1.165) is 35.7 Å². The molecule has 0 atom stereocenters. The van der Waals surface area contributed by atoms with Crippen LogP contribution in [0, 0.1) is 0 Å². The van der Waals surface area contributed by atoms with Crippen molar-refractivity contribution in [3.8, 4) is 11.5 Å². The topological polar surface area (TPSA) is 77.8 Å². The zero-order valence-electron chi connectivity index (χ0n) is 10.9. The molecule has 20 heavy (non-hydrogen) atoms. The number of hydrogen-bond acceptors (Lipinski definition) is 5. The first-order valence-corrected chi connectivity index (χ1v) is 6.73. The summed E-state index contributed by atoms with van der Waals surface area (Å²) < 4.78 is 5.36. The van der Waals surface area contributed by atoms with Gasteiger partial charge in [0.05, 0.1) is 11.1 Å². The van der Waals surface area contributed by atoms with Crippen LogP contribution >= 0.6 is 0 Å². The van der Waals surface area contributed by atoms with Crippen LogP contribution in [0.4, 0.5) is 0 Å². The third-order valence-corrected chi connectivity index (χ3v) is 3.97. The average Bonchev–Trinajstić information content (AvgIpc) is 2.94. The van der Waals surface area contributed by atoms with Crippen molar-refractivity contribution >= 4 is 10.9 Å². The van der Waals surface area contributed by atoms with E-state index in [0.29, 0.717) is 11.7 Å². The van der Waals surface area contributed by atoms with E-state index in [9.17, 15) is 0 Å². The van der Waals surface area contributed by atoms with Crippen molar-refractivity contribution in [3.63, 3.8) is 0 Å². The number of fused-ring (bicyclic) bond motifs is 1. The van der Waals surface area contributed by atoms with Gasteiger partial charge in [-0.25, -0.2) is 0 Å². The molecule has 0 bridgehead atoms. The van der Waals surface area contributed by atoms with Gasteiger partial charge in [-0.1, -0.05) is 11.2 Å². The Morgan fingerprint density at radius 1 is 1.20 bits per heavy atom. The average molecular weight is 266 g/mol. The van der Waals surface area contributed by atoms with Crippen LogP contribution < -0.4 is 5.73 Å². The highest BCUT2D eigenvalue weighted by Gasteiger charge is 2.39. The maximum atomic E-state index is 6.21. The molecular weight excluding hydrogens is 252 g/mol. The Bertz CT molecular complexity index is 776. The van der Waals surface area contributed by atoms with Crippen LogP contribution in [0.5, 0.6) is 0 Å². The molecule has 0 radical (unpaired) electrons. The van der Waals surface area contributed by atoms with Crippen molar-refractivity contribution in [1.82, 2.24) is 15.1 Å². The van der Waals surface area contributed by atoms with Gasteiger partial charge in [0, 0.05) is 17.1 Å². The summed E-state index contributed by atoms with van der Waals surface area (Å²) in [6.45, 7) is 0. The summed E-state index contributed by atoms with van der Waals surface area (Å²) in [5.74, 6) is 1.13. The van der Waals surface area contributed by atoms with Crippen LogP contribution in [0.3, 0.4) is 0 Å². The molecule has 1 saturated carbocycles. The number of rotatable bonds is 2. The lowest BCUT2D eigenvalue weighted by molar-refractivity contribution is 0.229. The molecule has 1 fully saturated rings. The fourth-order valence-electron chi connectivity index (χ4n) is 2.53. The third kappa shape index (κ3) is 1.71. The van der Waals surface area contributed by atoms with Gasteiger partial charge in [0.2, 0.25) is 0 Å². The lowest BCUT2D eigenvalue weighted by Crippen LogP contribution is -2.44. The monoisotopic (exact) mass is 266 g/mol. The van der Waals surface area contributed by atoms with E-state index >= 15 is 0 Å². The predicted octanol–water partition coefficient (Wildman–Crippen LogP) is 2.62. The SMILES string of the molecule is NC1(c2noc(-c3ccc4ncccc4c3)n2)CCC1. The number of aromatic nitrogens is 3. The minimum Gasteiger partial charge on any atom is -0.334 e. The lowest BCUT2D eigenvalue weighted by atomic mass is 9.77. The van der Waals surface area contributed by atoms with Gasteiger partial charge in [-0.2, -0.15) is 4.98 Å². The van der Waals surface area contributed by atoms with Gasteiger partial charge in [0.15, 0.2) is 5.82 Å². The first-order chi connectivity index (χ1) is 9.74. The Balaban J connectivity index is 1.75. The maximum Gasteiger partial charge on any atom is 0.258 e. The highest BCUT2D eigenvalue weighted by atomic mass is 16.5. The lowest BCUT2D eigenvalue weighted by Gasteiger charge is -2.34. The normalized spacial score (nSPS) is 17.1. The predicted molar refractivity (Wildman–Crippen MR) is 74.8 cm³/mol. The van der Waals surface area contributed by atoms with Crippen LogP contribution in [-0.4, -0.2) is 15.1 Å². The number of nitrogens with two attached hydrogens (primary N) is 1. The summed E-state index contributed by atoms with van der Waals surface area (Å²) in [5, 5.41) is 5.09. The van der Waals surface area contributed by atoms with Gasteiger partial charge < -0.3 is 10.3 Å². The molecule has 0 amide bonds. The molecule has 1 aromatic carbocycles. The molecule has 0 unspecified atom stereocenters.